The first-order valence-electron chi connectivity index (χ1n) is 8.64. The van der Waals surface area contributed by atoms with Crippen LogP contribution in [-0.2, 0) is 13.1 Å². The van der Waals surface area contributed by atoms with Gasteiger partial charge in [-0.05, 0) is 55.0 Å². The minimum atomic E-state index is 0.695. The minimum Gasteiger partial charge on any atom is -0.290 e. The van der Waals surface area contributed by atoms with Crippen molar-refractivity contribution in [3.8, 4) is 5.95 Å². The Bertz CT molecular complexity index is 809. The zero-order chi connectivity index (χ0) is 17.1. The predicted octanol–water partition coefficient (Wildman–Crippen LogP) is 4.15. The van der Waals surface area contributed by atoms with Crippen LogP contribution in [0, 0.1) is 0 Å². The van der Waals surface area contributed by atoms with Gasteiger partial charge in [-0.2, -0.15) is 0 Å². The molecule has 0 aliphatic heterocycles. The van der Waals surface area contributed by atoms with Gasteiger partial charge in [-0.1, -0.05) is 12.1 Å². The summed E-state index contributed by atoms with van der Waals surface area (Å²) < 4.78 is 2.09. The molecule has 0 amide bonds. The summed E-state index contributed by atoms with van der Waals surface area (Å²) in [6, 6.07) is 15.7. The van der Waals surface area contributed by atoms with Gasteiger partial charge in [-0.25, -0.2) is 9.97 Å². The molecule has 25 heavy (non-hydrogen) atoms. The smallest absolute Gasteiger partial charge is 0.233 e. The number of benzene rings is 1. The third kappa shape index (κ3) is 3.94. The van der Waals surface area contributed by atoms with Crippen LogP contribution in [0.15, 0.2) is 66.0 Å². The van der Waals surface area contributed by atoms with E-state index in [0.29, 0.717) is 6.04 Å². The second-order valence-electron chi connectivity index (χ2n) is 6.40. The third-order valence-corrected chi connectivity index (χ3v) is 5.32. The Morgan fingerprint density at radius 1 is 1.04 bits per heavy atom. The van der Waals surface area contributed by atoms with Crippen molar-refractivity contribution in [2.75, 3.05) is 6.26 Å². The van der Waals surface area contributed by atoms with Crippen LogP contribution in [0.2, 0.25) is 0 Å². The molecular formula is C20H22N4S. The van der Waals surface area contributed by atoms with Crippen molar-refractivity contribution in [3.05, 3.63) is 72.3 Å². The van der Waals surface area contributed by atoms with E-state index in [0.717, 1.165) is 19.0 Å². The SMILES string of the molecule is CSc1ccc(CN(Cc2cccn2-c2ncccn2)C2CC2)cc1. The van der Waals surface area contributed by atoms with Crippen LogP contribution in [0.1, 0.15) is 24.1 Å². The first-order chi connectivity index (χ1) is 12.3. The zero-order valence-electron chi connectivity index (χ0n) is 14.4. The van der Waals surface area contributed by atoms with Crippen LogP contribution in [0.4, 0.5) is 0 Å². The lowest BCUT2D eigenvalue weighted by Gasteiger charge is -2.23. The van der Waals surface area contributed by atoms with Gasteiger partial charge in [0.2, 0.25) is 5.95 Å². The predicted molar refractivity (Wildman–Crippen MR) is 102 cm³/mol. The second-order valence-corrected chi connectivity index (χ2v) is 7.28. The molecule has 0 atom stereocenters. The van der Waals surface area contributed by atoms with Crippen LogP contribution in [0.3, 0.4) is 0 Å². The standard InChI is InChI=1S/C20H22N4S/c1-25-19-9-5-16(6-10-19)14-23(17-7-8-17)15-18-4-2-13-24(18)20-21-11-3-12-22-20/h2-6,9-13,17H,7-8,14-15H2,1H3. The van der Waals surface area contributed by atoms with Crippen LogP contribution in [0.5, 0.6) is 0 Å². The monoisotopic (exact) mass is 350 g/mol. The molecule has 0 radical (unpaired) electrons. The average Bonchev–Trinajstić information content (AvgIpc) is 3.41. The van der Waals surface area contributed by atoms with Gasteiger partial charge >= 0.3 is 0 Å². The van der Waals surface area contributed by atoms with E-state index in [4.69, 9.17) is 0 Å². The van der Waals surface area contributed by atoms with Crippen molar-refractivity contribution in [3.63, 3.8) is 0 Å². The van der Waals surface area contributed by atoms with E-state index in [1.165, 1.54) is 29.0 Å². The van der Waals surface area contributed by atoms with Crippen molar-refractivity contribution in [1.82, 2.24) is 19.4 Å². The van der Waals surface area contributed by atoms with Crippen molar-refractivity contribution in [2.24, 2.45) is 0 Å². The summed E-state index contributed by atoms with van der Waals surface area (Å²) in [5, 5.41) is 0. The van der Waals surface area contributed by atoms with Crippen molar-refractivity contribution >= 4 is 11.8 Å². The van der Waals surface area contributed by atoms with Crippen molar-refractivity contribution < 1.29 is 0 Å². The molecule has 1 aliphatic carbocycles. The Kier molecular flexibility index (Phi) is 4.85. The highest BCUT2D eigenvalue weighted by atomic mass is 32.2. The molecule has 2 heterocycles. The number of thioether (sulfide) groups is 1. The van der Waals surface area contributed by atoms with Crippen molar-refractivity contribution in [2.45, 2.75) is 36.9 Å². The van der Waals surface area contributed by atoms with Gasteiger partial charge < -0.3 is 0 Å². The van der Waals surface area contributed by atoms with Crippen LogP contribution in [-0.4, -0.2) is 31.7 Å². The summed E-state index contributed by atoms with van der Waals surface area (Å²) in [4.78, 5) is 12.7. The zero-order valence-corrected chi connectivity index (χ0v) is 15.2. The molecular weight excluding hydrogens is 328 g/mol. The second kappa shape index (κ2) is 7.42. The largest absolute Gasteiger partial charge is 0.290 e. The topological polar surface area (TPSA) is 34.0 Å². The number of aromatic nitrogens is 3. The van der Waals surface area contributed by atoms with Gasteiger partial charge in [0.1, 0.15) is 0 Å². The van der Waals surface area contributed by atoms with Gasteiger partial charge in [0.05, 0.1) is 0 Å². The van der Waals surface area contributed by atoms with Gasteiger partial charge in [0, 0.05) is 48.3 Å². The summed E-state index contributed by atoms with van der Waals surface area (Å²) in [6.45, 7) is 1.90. The maximum absolute atomic E-state index is 4.38. The lowest BCUT2D eigenvalue weighted by Crippen LogP contribution is -2.26. The van der Waals surface area contributed by atoms with E-state index in [1.54, 1.807) is 24.2 Å². The molecule has 128 valence electrons. The minimum absolute atomic E-state index is 0.695. The number of rotatable bonds is 7. The first-order valence-corrected chi connectivity index (χ1v) is 9.86. The molecule has 1 fully saturated rings. The van der Waals surface area contributed by atoms with E-state index in [2.05, 4.69) is 62.1 Å². The molecule has 0 N–H and O–H groups in total. The van der Waals surface area contributed by atoms with Gasteiger partial charge in [0.15, 0.2) is 0 Å². The summed E-state index contributed by atoms with van der Waals surface area (Å²) in [5.74, 6) is 0.738. The molecule has 1 aliphatic rings. The lowest BCUT2D eigenvalue weighted by molar-refractivity contribution is 0.241. The molecule has 0 saturated heterocycles. The Hall–Kier alpha value is -2.11. The van der Waals surface area contributed by atoms with Gasteiger partial charge in [0.25, 0.3) is 0 Å². The van der Waals surface area contributed by atoms with E-state index in [1.807, 2.05) is 12.3 Å². The summed E-state index contributed by atoms with van der Waals surface area (Å²) >= 11 is 1.79. The van der Waals surface area contributed by atoms with Crippen LogP contribution in [0.25, 0.3) is 5.95 Å². The Balaban J connectivity index is 1.52. The number of hydrogen-bond acceptors (Lipinski definition) is 4. The van der Waals surface area contributed by atoms with Gasteiger partial charge in [-0.3, -0.25) is 9.47 Å². The van der Waals surface area contributed by atoms with Gasteiger partial charge in [-0.15, -0.1) is 11.8 Å². The van der Waals surface area contributed by atoms with E-state index in [-0.39, 0.29) is 0 Å². The molecule has 0 spiro atoms. The maximum atomic E-state index is 4.38. The molecule has 5 heteroatoms. The maximum Gasteiger partial charge on any atom is 0.233 e. The van der Waals surface area contributed by atoms with Crippen molar-refractivity contribution in [1.29, 1.82) is 0 Å². The highest BCUT2D eigenvalue weighted by molar-refractivity contribution is 7.98. The van der Waals surface area contributed by atoms with Crippen LogP contribution < -0.4 is 0 Å². The molecule has 0 unspecified atom stereocenters. The average molecular weight is 350 g/mol. The molecule has 4 rings (SSSR count). The van der Waals surface area contributed by atoms with Crippen LogP contribution >= 0.6 is 11.8 Å². The quantitative estimate of drug-likeness (QED) is 0.599. The fraction of sp³-hybridized carbons (Fsp3) is 0.300. The summed E-state index contributed by atoms with van der Waals surface area (Å²) in [5.41, 5.74) is 2.61. The fourth-order valence-corrected chi connectivity index (χ4v) is 3.49. The first kappa shape index (κ1) is 16.4. The number of hydrogen-bond donors (Lipinski definition) is 0. The Morgan fingerprint density at radius 3 is 2.48 bits per heavy atom. The molecule has 1 aromatic carbocycles. The van der Waals surface area contributed by atoms with E-state index in [9.17, 15) is 0 Å². The highest BCUT2D eigenvalue weighted by Crippen LogP contribution is 2.30. The lowest BCUT2D eigenvalue weighted by atomic mass is 10.2. The Labute approximate surface area is 152 Å². The third-order valence-electron chi connectivity index (χ3n) is 4.57. The van der Waals surface area contributed by atoms with E-state index >= 15 is 0 Å². The molecule has 1 saturated carbocycles. The summed E-state index contributed by atoms with van der Waals surface area (Å²) in [6.07, 6.45) is 10.3. The van der Waals surface area contributed by atoms with E-state index < -0.39 is 0 Å². The highest BCUT2D eigenvalue weighted by Gasteiger charge is 2.29. The molecule has 3 aromatic rings. The number of nitrogens with zero attached hydrogens (tertiary/aromatic N) is 4. The molecule has 4 nitrogen and oxygen atoms in total. The summed E-state index contributed by atoms with van der Waals surface area (Å²) in [7, 11) is 0. The normalized spacial score (nSPS) is 14.2. The Morgan fingerprint density at radius 2 is 1.80 bits per heavy atom. The molecule has 0 bridgehead atoms. The molecule has 2 aromatic heterocycles. The fourth-order valence-electron chi connectivity index (χ4n) is 3.08.